The van der Waals surface area contributed by atoms with Crippen LogP contribution in [-0.2, 0) is 4.79 Å². The quantitative estimate of drug-likeness (QED) is 0.854. The van der Waals surface area contributed by atoms with Gasteiger partial charge in [-0.15, -0.1) is 0 Å². The third kappa shape index (κ3) is 3.05. The first-order valence-electron chi connectivity index (χ1n) is 6.76. The third-order valence-corrected chi connectivity index (χ3v) is 4.45. The topological polar surface area (TPSA) is 77.8 Å². The Morgan fingerprint density at radius 3 is 2.62 bits per heavy atom. The van der Waals surface area contributed by atoms with Crippen molar-refractivity contribution in [1.29, 1.82) is 0 Å². The summed E-state index contributed by atoms with van der Waals surface area (Å²) in [4.78, 5) is 25.6. The summed E-state index contributed by atoms with van der Waals surface area (Å²) in [5.41, 5.74) is -0.368. The van der Waals surface area contributed by atoms with Gasteiger partial charge in [0.05, 0.1) is 5.56 Å². The molecule has 1 amide bonds. The average Bonchev–Trinajstić information content (AvgIpc) is 2.36. The van der Waals surface area contributed by atoms with Crippen LogP contribution in [0.25, 0.3) is 0 Å². The van der Waals surface area contributed by atoms with Gasteiger partial charge in [0.25, 0.3) is 5.91 Å². The predicted molar refractivity (Wildman–Crippen MR) is 81.3 cm³/mol. The Labute approximate surface area is 131 Å². The van der Waals surface area contributed by atoms with Crippen molar-refractivity contribution >= 4 is 27.8 Å². The van der Waals surface area contributed by atoms with Gasteiger partial charge in [0, 0.05) is 11.0 Å². The molecule has 2 rings (SSSR count). The fourth-order valence-corrected chi connectivity index (χ4v) is 3.27. The number of nitrogens with zero attached hydrogens (tertiary/aromatic N) is 1. The molecule has 1 aromatic rings. The van der Waals surface area contributed by atoms with Crippen LogP contribution in [-0.4, -0.2) is 39.6 Å². The van der Waals surface area contributed by atoms with Crippen LogP contribution >= 0.6 is 15.9 Å². The van der Waals surface area contributed by atoms with Crippen LogP contribution in [0.2, 0.25) is 0 Å². The summed E-state index contributed by atoms with van der Waals surface area (Å²) in [5, 5.41) is 19.4. The number of benzene rings is 1. The number of carbonyl (C=O) groups excluding carboxylic acids is 1. The minimum atomic E-state index is -1.01. The summed E-state index contributed by atoms with van der Waals surface area (Å²) in [6.45, 7) is 4.09. The van der Waals surface area contributed by atoms with E-state index in [1.807, 2.05) is 13.8 Å². The molecule has 1 atom stereocenters. The van der Waals surface area contributed by atoms with E-state index in [2.05, 4.69) is 15.9 Å². The molecule has 1 aliphatic rings. The lowest BCUT2D eigenvalue weighted by molar-refractivity contribution is -0.148. The second-order valence-corrected chi connectivity index (χ2v) is 6.91. The van der Waals surface area contributed by atoms with Crippen molar-refractivity contribution in [2.45, 2.75) is 32.7 Å². The summed E-state index contributed by atoms with van der Waals surface area (Å²) >= 11 is 3.22. The minimum Gasteiger partial charge on any atom is -0.507 e. The van der Waals surface area contributed by atoms with Crippen molar-refractivity contribution < 1.29 is 19.8 Å². The van der Waals surface area contributed by atoms with E-state index in [9.17, 15) is 19.8 Å². The molecule has 0 aliphatic carbocycles. The second kappa shape index (κ2) is 5.67. The Morgan fingerprint density at radius 1 is 1.38 bits per heavy atom. The smallest absolute Gasteiger partial charge is 0.326 e. The van der Waals surface area contributed by atoms with Gasteiger partial charge in [0.15, 0.2) is 0 Å². The van der Waals surface area contributed by atoms with Crippen LogP contribution in [0.4, 0.5) is 0 Å². The normalized spacial score (nSPS) is 21.1. The predicted octanol–water partition coefficient (Wildman–Crippen LogP) is 2.87. The number of carboxylic acid groups (broad SMARTS) is 1. The highest BCUT2D eigenvalue weighted by Crippen LogP contribution is 2.37. The fourth-order valence-electron chi connectivity index (χ4n) is 2.92. The van der Waals surface area contributed by atoms with Gasteiger partial charge in [-0.1, -0.05) is 29.8 Å². The van der Waals surface area contributed by atoms with Gasteiger partial charge < -0.3 is 15.1 Å². The van der Waals surface area contributed by atoms with Gasteiger partial charge in [0.1, 0.15) is 11.8 Å². The van der Waals surface area contributed by atoms with Crippen molar-refractivity contribution in [1.82, 2.24) is 4.90 Å². The summed E-state index contributed by atoms with van der Waals surface area (Å²) in [6, 6.07) is 3.69. The molecule has 21 heavy (non-hydrogen) atoms. The molecule has 0 bridgehead atoms. The SMILES string of the molecule is CC1(C)CCCN(C(=O)c2ccc(Br)cc2O)C1C(=O)O. The number of carbonyl (C=O) groups is 2. The maximum atomic E-state index is 12.6. The van der Waals surface area contributed by atoms with E-state index in [4.69, 9.17) is 0 Å². The molecule has 6 heteroatoms. The number of amides is 1. The van der Waals surface area contributed by atoms with Crippen LogP contribution in [0.15, 0.2) is 22.7 Å². The number of phenolic OH excluding ortho intramolecular Hbond substituents is 1. The third-order valence-electron chi connectivity index (χ3n) is 3.96. The Bertz CT molecular complexity index is 585. The van der Waals surface area contributed by atoms with Gasteiger partial charge in [0.2, 0.25) is 0 Å². The molecule has 2 N–H and O–H groups in total. The lowest BCUT2D eigenvalue weighted by atomic mass is 9.76. The number of carboxylic acids is 1. The zero-order valence-electron chi connectivity index (χ0n) is 12.0. The van der Waals surface area contributed by atoms with E-state index in [-0.39, 0.29) is 11.3 Å². The van der Waals surface area contributed by atoms with Crippen molar-refractivity contribution in [2.24, 2.45) is 5.41 Å². The molecule has 1 unspecified atom stereocenters. The number of phenols is 1. The highest BCUT2D eigenvalue weighted by atomic mass is 79.9. The zero-order chi connectivity index (χ0) is 15.8. The van der Waals surface area contributed by atoms with Gasteiger partial charge in [-0.3, -0.25) is 4.79 Å². The van der Waals surface area contributed by atoms with Crippen molar-refractivity contribution in [3.63, 3.8) is 0 Å². The maximum Gasteiger partial charge on any atom is 0.326 e. The molecule has 0 spiro atoms. The lowest BCUT2D eigenvalue weighted by Crippen LogP contribution is -2.56. The molecule has 5 nitrogen and oxygen atoms in total. The molecule has 1 saturated heterocycles. The monoisotopic (exact) mass is 355 g/mol. The first-order valence-corrected chi connectivity index (χ1v) is 7.55. The Hall–Kier alpha value is -1.56. The molecular formula is C15H18BrNO4. The number of rotatable bonds is 2. The summed E-state index contributed by atoms with van der Waals surface area (Å²) in [6.07, 6.45) is 1.50. The number of piperidine rings is 1. The second-order valence-electron chi connectivity index (χ2n) is 5.99. The number of halogens is 1. The number of aromatic hydroxyl groups is 1. The first kappa shape index (κ1) is 15.8. The number of aliphatic carboxylic acids is 1. The molecule has 114 valence electrons. The Morgan fingerprint density at radius 2 is 2.05 bits per heavy atom. The van der Waals surface area contributed by atoms with E-state index in [0.717, 1.165) is 12.8 Å². The largest absolute Gasteiger partial charge is 0.507 e. The minimum absolute atomic E-state index is 0.127. The van der Waals surface area contributed by atoms with E-state index >= 15 is 0 Å². The van der Waals surface area contributed by atoms with E-state index in [1.54, 1.807) is 6.07 Å². The van der Waals surface area contributed by atoms with Crippen LogP contribution < -0.4 is 0 Å². The van der Waals surface area contributed by atoms with Crippen LogP contribution in [0.1, 0.15) is 37.0 Å². The number of hydrogen-bond donors (Lipinski definition) is 2. The summed E-state index contributed by atoms with van der Waals surface area (Å²) < 4.78 is 0.658. The lowest BCUT2D eigenvalue weighted by Gasteiger charge is -2.44. The van der Waals surface area contributed by atoms with Crippen molar-refractivity contribution in [2.75, 3.05) is 6.54 Å². The van der Waals surface area contributed by atoms with Gasteiger partial charge >= 0.3 is 5.97 Å². The molecule has 1 fully saturated rings. The Kier molecular flexibility index (Phi) is 4.27. The summed E-state index contributed by atoms with van der Waals surface area (Å²) in [7, 11) is 0. The molecule has 0 aromatic heterocycles. The Balaban J connectivity index is 2.38. The van der Waals surface area contributed by atoms with Gasteiger partial charge in [-0.2, -0.15) is 0 Å². The van der Waals surface area contributed by atoms with Crippen molar-refractivity contribution in [3.05, 3.63) is 28.2 Å². The van der Waals surface area contributed by atoms with Crippen LogP contribution in [0, 0.1) is 5.41 Å². The van der Waals surface area contributed by atoms with Crippen molar-refractivity contribution in [3.8, 4) is 5.75 Å². The van der Waals surface area contributed by atoms with E-state index < -0.39 is 23.3 Å². The number of hydrogen-bond acceptors (Lipinski definition) is 3. The molecule has 1 aromatic carbocycles. The van der Waals surface area contributed by atoms with Gasteiger partial charge in [-0.05, 0) is 36.5 Å². The molecule has 1 aliphatic heterocycles. The first-order chi connectivity index (χ1) is 9.74. The summed E-state index contributed by atoms with van der Waals surface area (Å²) in [5.74, 6) is -1.60. The molecule has 1 heterocycles. The number of likely N-dealkylation sites (tertiary alicyclic amines) is 1. The zero-order valence-corrected chi connectivity index (χ0v) is 13.6. The van der Waals surface area contributed by atoms with Gasteiger partial charge in [-0.25, -0.2) is 4.79 Å². The average molecular weight is 356 g/mol. The fraction of sp³-hybridized carbons (Fsp3) is 0.467. The molecular weight excluding hydrogens is 338 g/mol. The maximum absolute atomic E-state index is 12.6. The van der Waals surface area contributed by atoms with Crippen LogP contribution in [0.3, 0.4) is 0 Å². The van der Waals surface area contributed by atoms with E-state index in [0.29, 0.717) is 11.0 Å². The molecule has 0 radical (unpaired) electrons. The highest BCUT2D eigenvalue weighted by Gasteiger charge is 2.45. The van der Waals surface area contributed by atoms with E-state index in [1.165, 1.54) is 17.0 Å². The van der Waals surface area contributed by atoms with Crippen LogP contribution in [0.5, 0.6) is 5.75 Å². The standard InChI is InChI=1S/C15H18BrNO4/c1-15(2)6-3-7-17(12(15)14(20)21)13(19)10-5-4-9(16)8-11(10)18/h4-5,8,12,18H,3,6-7H2,1-2H3,(H,20,21). The molecule has 0 saturated carbocycles. The highest BCUT2D eigenvalue weighted by molar-refractivity contribution is 9.10.